The average Bonchev–Trinajstić information content (AvgIpc) is 2.99. The molecule has 3 rings (SSSR count). The number of aryl methyl sites for hydroxylation is 2. The summed E-state index contributed by atoms with van der Waals surface area (Å²) in [5, 5.41) is 16.8. The largest absolute Gasteiger partial charge is 0.272 e. The zero-order valence-corrected chi connectivity index (χ0v) is 15.5. The molecule has 6 nitrogen and oxygen atoms in total. The van der Waals surface area contributed by atoms with Gasteiger partial charge in [-0.3, -0.25) is 4.68 Å². The number of hydrogen-bond acceptors (Lipinski definition) is 4. The highest BCUT2D eigenvalue weighted by Gasteiger charge is 2.13. The molecule has 124 valence electrons. The Balaban J connectivity index is 2.08. The van der Waals surface area contributed by atoms with Gasteiger partial charge in [0.05, 0.1) is 16.9 Å². The number of benzene rings is 1. The molecule has 2 aromatic heterocycles. The van der Waals surface area contributed by atoms with Crippen molar-refractivity contribution in [3.05, 3.63) is 50.0 Å². The summed E-state index contributed by atoms with van der Waals surface area (Å²) in [5.74, 6) is 0.511. The molecule has 0 aliphatic rings. The van der Waals surface area contributed by atoms with Crippen molar-refractivity contribution < 1.29 is 0 Å². The van der Waals surface area contributed by atoms with Gasteiger partial charge < -0.3 is 0 Å². The number of H-pyrrole nitrogens is 1. The van der Waals surface area contributed by atoms with Gasteiger partial charge in [-0.05, 0) is 44.3 Å². The lowest BCUT2D eigenvalue weighted by Crippen LogP contribution is -1.97. The van der Waals surface area contributed by atoms with Crippen LogP contribution < -0.4 is 0 Å². The summed E-state index contributed by atoms with van der Waals surface area (Å²) in [5.41, 5.74) is 3.52. The van der Waals surface area contributed by atoms with Gasteiger partial charge in [0, 0.05) is 28.9 Å². The minimum Gasteiger partial charge on any atom is -0.272 e. The SMILES string of the molecule is Cc1nn(C)c(C)c1/C=N/n1c(-c2ccc(Cl)cc2Cl)n[nH]c1=S. The molecular weight excluding hydrogens is 367 g/mol. The molecule has 0 saturated carbocycles. The second-order valence-corrected chi connectivity index (χ2v) is 6.47. The summed E-state index contributed by atoms with van der Waals surface area (Å²) in [7, 11) is 1.89. The second-order valence-electron chi connectivity index (χ2n) is 5.24. The first-order valence-corrected chi connectivity index (χ1v) is 8.22. The number of nitrogens with one attached hydrogen (secondary N) is 1. The number of aromatic nitrogens is 5. The zero-order valence-electron chi connectivity index (χ0n) is 13.2. The molecule has 0 radical (unpaired) electrons. The Hall–Kier alpha value is -1.96. The smallest absolute Gasteiger partial charge is 0.216 e. The average molecular weight is 381 g/mol. The van der Waals surface area contributed by atoms with Crippen LogP contribution in [-0.4, -0.2) is 30.9 Å². The van der Waals surface area contributed by atoms with Gasteiger partial charge in [0.2, 0.25) is 4.77 Å². The van der Waals surface area contributed by atoms with E-state index in [-0.39, 0.29) is 0 Å². The van der Waals surface area contributed by atoms with E-state index in [4.69, 9.17) is 35.4 Å². The number of halogens is 2. The molecule has 0 unspecified atom stereocenters. The highest BCUT2D eigenvalue weighted by molar-refractivity contribution is 7.71. The predicted molar refractivity (Wildman–Crippen MR) is 98.5 cm³/mol. The summed E-state index contributed by atoms with van der Waals surface area (Å²) >= 11 is 17.5. The molecule has 0 bridgehead atoms. The predicted octanol–water partition coefficient (Wildman–Crippen LogP) is 4.15. The lowest BCUT2D eigenvalue weighted by molar-refractivity contribution is 0.731. The van der Waals surface area contributed by atoms with Crippen LogP contribution in [0.15, 0.2) is 23.3 Å². The van der Waals surface area contributed by atoms with E-state index in [1.165, 1.54) is 4.68 Å². The van der Waals surface area contributed by atoms with Crippen LogP contribution in [0.25, 0.3) is 11.4 Å². The summed E-state index contributed by atoms with van der Waals surface area (Å²) in [6, 6.07) is 5.17. The van der Waals surface area contributed by atoms with Crippen LogP contribution in [0.1, 0.15) is 17.0 Å². The molecule has 0 spiro atoms. The van der Waals surface area contributed by atoms with Crippen LogP contribution in [0.4, 0.5) is 0 Å². The molecule has 1 N–H and O–H groups in total. The Morgan fingerprint density at radius 1 is 1.29 bits per heavy atom. The molecule has 0 saturated heterocycles. The fourth-order valence-corrected chi connectivity index (χ4v) is 3.01. The minimum absolute atomic E-state index is 0.367. The summed E-state index contributed by atoms with van der Waals surface area (Å²) < 4.78 is 3.70. The first kappa shape index (κ1) is 16.9. The zero-order chi connectivity index (χ0) is 17.4. The molecule has 2 heterocycles. The summed E-state index contributed by atoms with van der Waals surface area (Å²) in [6.45, 7) is 3.91. The van der Waals surface area contributed by atoms with E-state index in [9.17, 15) is 0 Å². The Labute approximate surface area is 153 Å². The normalized spacial score (nSPS) is 11.5. The third-order valence-electron chi connectivity index (χ3n) is 3.69. The molecule has 0 fully saturated rings. The molecular formula is C15H14Cl2N6S. The van der Waals surface area contributed by atoms with Crippen molar-refractivity contribution in [3.8, 4) is 11.4 Å². The maximum absolute atomic E-state index is 6.27. The highest BCUT2D eigenvalue weighted by atomic mass is 35.5. The third-order valence-corrected chi connectivity index (χ3v) is 4.50. The minimum atomic E-state index is 0.367. The van der Waals surface area contributed by atoms with Gasteiger partial charge in [-0.1, -0.05) is 23.2 Å². The van der Waals surface area contributed by atoms with Crippen LogP contribution >= 0.6 is 35.4 Å². The molecule has 1 aromatic carbocycles. The van der Waals surface area contributed by atoms with E-state index in [2.05, 4.69) is 20.4 Å². The Bertz CT molecular complexity index is 998. The van der Waals surface area contributed by atoms with Crippen molar-refractivity contribution in [2.75, 3.05) is 0 Å². The topological polar surface area (TPSA) is 63.8 Å². The third kappa shape index (κ3) is 3.02. The van der Waals surface area contributed by atoms with Crippen molar-refractivity contribution in [2.45, 2.75) is 13.8 Å². The lowest BCUT2D eigenvalue weighted by Gasteiger charge is -2.04. The molecule has 0 aliphatic heterocycles. The van der Waals surface area contributed by atoms with Crippen LogP contribution in [-0.2, 0) is 7.05 Å². The Kier molecular flexibility index (Phi) is 4.58. The van der Waals surface area contributed by atoms with Gasteiger partial charge in [-0.15, -0.1) is 0 Å². The van der Waals surface area contributed by atoms with Crippen LogP contribution in [0, 0.1) is 18.6 Å². The van der Waals surface area contributed by atoms with E-state index in [0.717, 1.165) is 17.0 Å². The van der Waals surface area contributed by atoms with Gasteiger partial charge in [0.1, 0.15) is 0 Å². The van der Waals surface area contributed by atoms with Crippen molar-refractivity contribution in [3.63, 3.8) is 0 Å². The molecule has 24 heavy (non-hydrogen) atoms. The fourth-order valence-electron chi connectivity index (χ4n) is 2.34. The standard InChI is InChI=1S/C15H14Cl2N6S/c1-8-12(9(2)22(3)21-8)7-18-23-14(19-20-15(23)24)11-5-4-10(16)6-13(11)17/h4-7H,1-3H3,(H,20,24)/b18-7+. The van der Waals surface area contributed by atoms with E-state index >= 15 is 0 Å². The molecule has 9 heteroatoms. The van der Waals surface area contributed by atoms with Gasteiger partial charge in [0.25, 0.3) is 0 Å². The fraction of sp³-hybridized carbons (Fsp3) is 0.200. The van der Waals surface area contributed by atoms with Crippen LogP contribution in [0.3, 0.4) is 0 Å². The van der Waals surface area contributed by atoms with Crippen LogP contribution in [0.5, 0.6) is 0 Å². The molecule has 0 atom stereocenters. The van der Waals surface area contributed by atoms with E-state index < -0.39 is 0 Å². The Morgan fingerprint density at radius 3 is 2.67 bits per heavy atom. The van der Waals surface area contributed by atoms with Crippen molar-refractivity contribution in [2.24, 2.45) is 12.1 Å². The maximum atomic E-state index is 6.27. The van der Waals surface area contributed by atoms with Crippen molar-refractivity contribution in [1.29, 1.82) is 0 Å². The quantitative estimate of drug-likeness (QED) is 0.548. The monoisotopic (exact) mass is 380 g/mol. The summed E-state index contributed by atoms with van der Waals surface area (Å²) in [4.78, 5) is 0. The van der Waals surface area contributed by atoms with E-state index in [1.54, 1.807) is 24.4 Å². The lowest BCUT2D eigenvalue weighted by atomic mass is 10.2. The van der Waals surface area contributed by atoms with E-state index in [1.807, 2.05) is 25.6 Å². The number of hydrogen-bond donors (Lipinski definition) is 1. The molecule has 0 amide bonds. The highest BCUT2D eigenvalue weighted by Crippen LogP contribution is 2.29. The number of aromatic amines is 1. The maximum Gasteiger partial charge on any atom is 0.216 e. The first-order chi connectivity index (χ1) is 11.4. The van der Waals surface area contributed by atoms with E-state index in [0.29, 0.717) is 26.2 Å². The van der Waals surface area contributed by atoms with Gasteiger partial charge in [0.15, 0.2) is 5.82 Å². The number of rotatable bonds is 3. The van der Waals surface area contributed by atoms with Gasteiger partial charge in [-0.25, -0.2) is 5.10 Å². The second kappa shape index (κ2) is 6.51. The van der Waals surface area contributed by atoms with Crippen molar-refractivity contribution >= 4 is 41.6 Å². The van der Waals surface area contributed by atoms with Gasteiger partial charge in [-0.2, -0.15) is 20.0 Å². The molecule has 3 aromatic rings. The number of nitrogens with zero attached hydrogens (tertiary/aromatic N) is 5. The van der Waals surface area contributed by atoms with Crippen molar-refractivity contribution in [1.82, 2.24) is 24.7 Å². The van der Waals surface area contributed by atoms with Crippen LogP contribution in [0.2, 0.25) is 10.0 Å². The summed E-state index contributed by atoms with van der Waals surface area (Å²) in [6.07, 6.45) is 1.72. The van der Waals surface area contributed by atoms with Gasteiger partial charge >= 0.3 is 0 Å². The Morgan fingerprint density at radius 2 is 2.04 bits per heavy atom. The first-order valence-electron chi connectivity index (χ1n) is 7.06. The molecule has 0 aliphatic carbocycles.